The molecule has 2 aromatic carbocycles. The highest BCUT2D eigenvalue weighted by Gasteiger charge is 2.12. The van der Waals surface area contributed by atoms with Crippen molar-refractivity contribution in [1.29, 1.82) is 0 Å². The first-order chi connectivity index (χ1) is 13.2. The molecule has 0 aliphatic rings. The number of carbonyl (C=O) groups is 1. The minimum atomic E-state index is -0.198. The summed E-state index contributed by atoms with van der Waals surface area (Å²) < 4.78 is 11.9. The van der Waals surface area contributed by atoms with Gasteiger partial charge in [-0.15, -0.1) is 0 Å². The predicted molar refractivity (Wildman–Crippen MR) is 107 cm³/mol. The number of carbonyl (C=O) groups excluding carboxylic acids is 1. The topological polar surface area (TPSA) is 60.5 Å². The molecule has 6 heteroatoms. The fourth-order valence-corrected chi connectivity index (χ4v) is 2.93. The smallest absolute Gasteiger partial charge is 0.255 e. The van der Waals surface area contributed by atoms with Crippen molar-refractivity contribution in [3.8, 4) is 11.6 Å². The molecule has 0 saturated heterocycles. The molecule has 0 bridgehead atoms. The van der Waals surface area contributed by atoms with Gasteiger partial charge in [-0.1, -0.05) is 46.3 Å². The number of pyridine rings is 1. The van der Waals surface area contributed by atoms with E-state index in [1.165, 1.54) is 0 Å². The highest BCUT2D eigenvalue weighted by atomic mass is 79.9. The first kappa shape index (κ1) is 18.9. The number of hydrogen-bond acceptors (Lipinski definition) is 4. The van der Waals surface area contributed by atoms with Crippen LogP contribution < -0.4 is 14.8 Å². The fraction of sp³-hybridized carbons (Fsp3) is 0.143. The van der Waals surface area contributed by atoms with E-state index >= 15 is 0 Å². The summed E-state index contributed by atoms with van der Waals surface area (Å²) in [6.07, 6.45) is 1.68. The van der Waals surface area contributed by atoms with E-state index in [0.717, 1.165) is 15.6 Å². The normalized spacial score (nSPS) is 10.3. The van der Waals surface area contributed by atoms with E-state index in [-0.39, 0.29) is 5.91 Å². The lowest BCUT2D eigenvalue weighted by atomic mass is 10.1. The maximum Gasteiger partial charge on any atom is 0.255 e. The third kappa shape index (κ3) is 5.31. The summed E-state index contributed by atoms with van der Waals surface area (Å²) in [5, 5.41) is 2.89. The molecule has 3 rings (SSSR count). The predicted octanol–water partition coefficient (Wildman–Crippen LogP) is 4.36. The van der Waals surface area contributed by atoms with Crippen molar-refractivity contribution < 1.29 is 14.3 Å². The molecule has 0 aliphatic heterocycles. The van der Waals surface area contributed by atoms with Gasteiger partial charge in [-0.05, 0) is 35.4 Å². The zero-order valence-electron chi connectivity index (χ0n) is 14.8. The van der Waals surface area contributed by atoms with Crippen LogP contribution in [0.2, 0.25) is 0 Å². The molecular formula is C21H19BrN2O3. The van der Waals surface area contributed by atoms with Crippen LogP contribution in [-0.2, 0) is 13.2 Å². The Kier molecular flexibility index (Phi) is 6.44. The maximum atomic E-state index is 12.6. The van der Waals surface area contributed by atoms with Gasteiger partial charge in [0.05, 0.1) is 12.7 Å². The van der Waals surface area contributed by atoms with E-state index in [4.69, 9.17) is 9.47 Å². The van der Waals surface area contributed by atoms with E-state index in [1.807, 2.05) is 42.5 Å². The second kappa shape index (κ2) is 9.19. The lowest BCUT2D eigenvalue weighted by molar-refractivity contribution is 0.0946. The molecule has 138 valence electrons. The van der Waals surface area contributed by atoms with E-state index in [2.05, 4.69) is 26.2 Å². The molecule has 1 amide bonds. The molecule has 1 aromatic heterocycles. The van der Waals surface area contributed by atoms with Crippen molar-refractivity contribution in [2.24, 2.45) is 0 Å². The summed E-state index contributed by atoms with van der Waals surface area (Å²) in [6, 6.07) is 18.7. The number of aromatic nitrogens is 1. The Hall–Kier alpha value is -2.86. The SMILES string of the molecule is COc1ccc(CNC(=O)c2ccccc2OCc2cccc(Br)c2)cn1. The van der Waals surface area contributed by atoms with Gasteiger partial charge in [-0.3, -0.25) is 4.79 Å². The monoisotopic (exact) mass is 426 g/mol. The minimum absolute atomic E-state index is 0.198. The number of methoxy groups -OCH3 is 1. The van der Waals surface area contributed by atoms with Crippen molar-refractivity contribution in [1.82, 2.24) is 10.3 Å². The number of amides is 1. The average molecular weight is 427 g/mol. The summed E-state index contributed by atoms with van der Waals surface area (Å²) in [7, 11) is 1.56. The van der Waals surface area contributed by atoms with Gasteiger partial charge >= 0.3 is 0 Å². The minimum Gasteiger partial charge on any atom is -0.488 e. The van der Waals surface area contributed by atoms with E-state index < -0.39 is 0 Å². The molecule has 5 nitrogen and oxygen atoms in total. The summed E-state index contributed by atoms with van der Waals surface area (Å²) in [5.74, 6) is 0.884. The lowest BCUT2D eigenvalue weighted by Gasteiger charge is -2.12. The largest absolute Gasteiger partial charge is 0.488 e. The van der Waals surface area contributed by atoms with Crippen LogP contribution in [0.25, 0.3) is 0 Å². The van der Waals surface area contributed by atoms with Gasteiger partial charge < -0.3 is 14.8 Å². The van der Waals surface area contributed by atoms with E-state index in [9.17, 15) is 4.79 Å². The molecular weight excluding hydrogens is 408 g/mol. The fourth-order valence-electron chi connectivity index (χ4n) is 2.48. The van der Waals surface area contributed by atoms with Gasteiger partial charge in [0.2, 0.25) is 5.88 Å². The van der Waals surface area contributed by atoms with Gasteiger partial charge in [0.1, 0.15) is 12.4 Å². The first-order valence-electron chi connectivity index (χ1n) is 8.39. The van der Waals surface area contributed by atoms with Crippen LogP contribution in [0.4, 0.5) is 0 Å². The summed E-state index contributed by atoms with van der Waals surface area (Å²) in [5.41, 5.74) is 2.40. The van der Waals surface area contributed by atoms with Crippen LogP contribution in [0.5, 0.6) is 11.6 Å². The van der Waals surface area contributed by atoms with Crippen molar-refractivity contribution >= 4 is 21.8 Å². The number of ether oxygens (including phenoxy) is 2. The second-order valence-electron chi connectivity index (χ2n) is 5.81. The highest BCUT2D eigenvalue weighted by Crippen LogP contribution is 2.20. The number of halogens is 1. The third-order valence-corrected chi connectivity index (χ3v) is 4.37. The van der Waals surface area contributed by atoms with Crippen molar-refractivity contribution in [3.63, 3.8) is 0 Å². The number of benzene rings is 2. The molecule has 0 fully saturated rings. The van der Waals surface area contributed by atoms with Gasteiger partial charge in [-0.2, -0.15) is 0 Å². The molecule has 27 heavy (non-hydrogen) atoms. The Labute approximate surface area is 166 Å². The zero-order valence-corrected chi connectivity index (χ0v) is 16.4. The Morgan fingerprint density at radius 1 is 1.07 bits per heavy atom. The molecule has 0 saturated carbocycles. The Balaban J connectivity index is 1.64. The summed E-state index contributed by atoms with van der Waals surface area (Å²) >= 11 is 3.45. The molecule has 3 aromatic rings. The maximum absolute atomic E-state index is 12.6. The number of rotatable bonds is 7. The standard InChI is InChI=1S/C21H19BrN2O3/c1-26-20-10-9-16(12-23-20)13-24-21(25)18-7-2-3-8-19(18)27-14-15-5-4-6-17(22)11-15/h2-12H,13-14H2,1H3,(H,24,25). The van der Waals surface area contributed by atoms with Crippen molar-refractivity contribution in [3.05, 3.63) is 88.0 Å². The summed E-state index contributed by atoms with van der Waals surface area (Å²) in [6.45, 7) is 0.752. The highest BCUT2D eigenvalue weighted by molar-refractivity contribution is 9.10. The number of hydrogen-bond donors (Lipinski definition) is 1. The molecule has 0 radical (unpaired) electrons. The van der Waals surface area contributed by atoms with Gasteiger partial charge in [0, 0.05) is 23.3 Å². The Morgan fingerprint density at radius 2 is 1.93 bits per heavy atom. The number of para-hydroxylation sites is 1. The summed E-state index contributed by atoms with van der Waals surface area (Å²) in [4.78, 5) is 16.7. The van der Waals surface area contributed by atoms with Crippen LogP contribution in [-0.4, -0.2) is 18.0 Å². The van der Waals surface area contributed by atoms with Crippen LogP contribution >= 0.6 is 15.9 Å². The molecule has 0 atom stereocenters. The molecule has 1 N–H and O–H groups in total. The van der Waals surface area contributed by atoms with E-state index in [1.54, 1.807) is 31.5 Å². The lowest BCUT2D eigenvalue weighted by Crippen LogP contribution is -2.23. The molecule has 1 heterocycles. The van der Waals surface area contributed by atoms with Crippen LogP contribution in [0, 0.1) is 0 Å². The van der Waals surface area contributed by atoms with Crippen molar-refractivity contribution in [2.45, 2.75) is 13.2 Å². The van der Waals surface area contributed by atoms with Gasteiger partial charge in [0.15, 0.2) is 0 Å². The first-order valence-corrected chi connectivity index (χ1v) is 9.18. The van der Waals surface area contributed by atoms with Gasteiger partial charge in [0.25, 0.3) is 5.91 Å². The zero-order chi connectivity index (χ0) is 19.1. The number of nitrogens with one attached hydrogen (secondary N) is 1. The van der Waals surface area contributed by atoms with Crippen LogP contribution in [0.15, 0.2) is 71.3 Å². The molecule has 0 spiro atoms. The van der Waals surface area contributed by atoms with Crippen molar-refractivity contribution in [2.75, 3.05) is 7.11 Å². The van der Waals surface area contributed by atoms with E-state index in [0.29, 0.717) is 30.3 Å². The molecule has 0 unspecified atom stereocenters. The number of nitrogens with zero attached hydrogens (tertiary/aromatic N) is 1. The van der Waals surface area contributed by atoms with Crippen LogP contribution in [0.3, 0.4) is 0 Å². The average Bonchev–Trinajstić information content (AvgIpc) is 2.71. The Morgan fingerprint density at radius 3 is 2.67 bits per heavy atom. The molecule has 0 aliphatic carbocycles. The Bertz CT molecular complexity index is 913. The quantitative estimate of drug-likeness (QED) is 0.609. The van der Waals surface area contributed by atoms with Crippen LogP contribution in [0.1, 0.15) is 21.5 Å². The third-order valence-electron chi connectivity index (χ3n) is 3.87. The second-order valence-corrected chi connectivity index (χ2v) is 6.72. The van der Waals surface area contributed by atoms with Gasteiger partial charge in [-0.25, -0.2) is 4.98 Å².